The van der Waals surface area contributed by atoms with Gasteiger partial charge in [0.25, 0.3) is 0 Å². The highest BCUT2D eigenvalue weighted by atomic mass is 19.1. The topological polar surface area (TPSA) is 25.8 Å². The lowest BCUT2D eigenvalue weighted by molar-refractivity contribution is 0.633. The van der Waals surface area contributed by atoms with E-state index < -0.39 is 0 Å². The van der Waals surface area contributed by atoms with Crippen molar-refractivity contribution >= 4 is 0 Å². The molecule has 0 amide bonds. The molecule has 1 aliphatic carbocycles. The molecule has 1 heterocycles. The first-order valence-corrected chi connectivity index (χ1v) is 6.89. The molecule has 102 valence electrons. The molecule has 0 spiro atoms. The Bertz CT molecular complexity index is 515. The molecule has 0 fully saturated rings. The van der Waals surface area contributed by atoms with Gasteiger partial charge in [-0.05, 0) is 30.4 Å². The van der Waals surface area contributed by atoms with Crippen LogP contribution < -0.4 is 0 Å². The van der Waals surface area contributed by atoms with E-state index in [-0.39, 0.29) is 11.7 Å². The van der Waals surface area contributed by atoms with Crippen molar-refractivity contribution in [1.82, 2.24) is 9.97 Å². The van der Waals surface area contributed by atoms with Gasteiger partial charge in [-0.15, -0.1) is 0 Å². The molecule has 1 atom stereocenters. The van der Waals surface area contributed by atoms with Crippen LogP contribution >= 0.6 is 0 Å². The summed E-state index contributed by atoms with van der Waals surface area (Å²) in [5, 5.41) is 0. The fraction of sp³-hybridized carbons (Fsp3) is 0.500. The summed E-state index contributed by atoms with van der Waals surface area (Å²) in [6.07, 6.45) is 7.55. The molecule has 19 heavy (non-hydrogen) atoms. The summed E-state index contributed by atoms with van der Waals surface area (Å²) in [4.78, 5) is 9.36. The van der Waals surface area contributed by atoms with Gasteiger partial charge < -0.3 is 0 Å². The minimum atomic E-state index is -0.158. The zero-order valence-electron chi connectivity index (χ0n) is 12.0. The first-order chi connectivity index (χ1) is 8.99. The van der Waals surface area contributed by atoms with Crippen LogP contribution in [0, 0.1) is 0 Å². The number of halogens is 1. The van der Waals surface area contributed by atoms with Crippen molar-refractivity contribution < 1.29 is 4.39 Å². The number of hydrogen-bond donors (Lipinski definition) is 0. The Hall–Kier alpha value is -1.51. The molecule has 2 nitrogen and oxygen atoms in total. The van der Waals surface area contributed by atoms with Gasteiger partial charge in [-0.1, -0.05) is 33.8 Å². The van der Waals surface area contributed by atoms with Crippen LogP contribution in [0.5, 0.6) is 0 Å². The first kappa shape index (κ1) is 13.9. The largest absolute Gasteiger partial charge is 0.257 e. The zero-order valence-corrected chi connectivity index (χ0v) is 12.0. The molecule has 2 rings (SSSR count). The highest BCUT2D eigenvalue weighted by molar-refractivity contribution is 5.31. The van der Waals surface area contributed by atoms with Crippen molar-refractivity contribution in [3.8, 4) is 0 Å². The molecule has 0 saturated carbocycles. The number of aromatic nitrogens is 2. The first-order valence-electron chi connectivity index (χ1n) is 6.89. The van der Waals surface area contributed by atoms with Gasteiger partial charge in [-0.2, -0.15) is 0 Å². The average molecular weight is 260 g/mol. The second kappa shape index (κ2) is 5.64. The summed E-state index contributed by atoms with van der Waals surface area (Å²) < 4.78 is 13.0. The third-order valence-corrected chi connectivity index (χ3v) is 3.39. The summed E-state index contributed by atoms with van der Waals surface area (Å²) in [6.45, 7) is 8.49. The van der Waals surface area contributed by atoms with Gasteiger partial charge in [0.15, 0.2) is 0 Å². The number of nitrogens with zero attached hydrogens (tertiary/aromatic N) is 2. The molecule has 0 aromatic carbocycles. The van der Waals surface area contributed by atoms with Crippen molar-refractivity contribution in [2.75, 3.05) is 0 Å². The Labute approximate surface area is 114 Å². The quantitative estimate of drug-likeness (QED) is 0.792. The molecule has 1 aromatic heterocycles. The molecule has 1 unspecified atom stereocenters. The standard InChI is InChI=1S/C16H21FN2/c1-10(2)14-9-18-16(15(19-14)11(3)4)12-5-7-13(17)8-6-12/h5,7-12H,6H2,1-4H3. The third-order valence-electron chi connectivity index (χ3n) is 3.39. The number of allylic oxidation sites excluding steroid dienone is 4. The second-order valence-corrected chi connectivity index (χ2v) is 5.67. The smallest absolute Gasteiger partial charge is 0.118 e. The van der Waals surface area contributed by atoms with Crippen LogP contribution in [-0.2, 0) is 0 Å². The predicted octanol–water partition coefficient (Wildman–Crippen LogP) is 4.62. The van der Waals surface area contributed by atoms with Gasteiger partial charge in [0, 0.05) is 12.1 Å². The fourth-order valence-electron chi connectivity index (χ4n) is 2.21. The summed E-state index contributed by atoms with van der Waals surface area (Å²) >= 11 is 0. The molecule has 0 N–H and O–H groups in total. The van der Waals surface area contributed by atoms with E-state index in [1.165, 1.54) is 6.08 Å². The molecular formula is C16H21FN2. The Morgan fingerprint density at radius 3 is 2.47 bits per heavy atom. The van der Waals surface area contributed by atoms with Crippen molar-refractivity contribution in [2.24, 2.45) is 0 Å². The van der Waals surface area contributed by atoms with E-state index in [4.69, 9.17) is 4.98 Å². The van der Waals surface area contributed by atoms with Crippen LogP contribution in [0.4, 0.5) is 4.39 Å². The lowest BCUT2D eigenvalue weighted by atomic mass is 9.92. The van der Waals surface area contributed by atoms with Gasteiger partial charge in [-0.3, -0.25) is 9.97 Å². The Kier molecular flexibility index (Phi) is 4.13. The summed E-state index contributed by atoms with van der Waals surface area (Å²) in [7, 11) is 0. The van der Waals surface area contributed by atoms with E-state index in [1.54, 1.807) is 6.08 Å². The van der Waals surface area contributed by atoms with E-state index in [2.05, 4.69) is 32.7 Å². The normalized spacial score (nSPS) is 19.1. The van der Waals surface area contributed by atoms with Gasteiger partial charge in [0.2, 0.25) is 0 Å². The molecule has 0 saturated heterocycles. The van der Waals surface area contributed by atoms with E-state index in [0.29, 0.717) is 18.3 Å². The average Bonchev–Trinajstić information content (AvgIpc) is 2.38. The predicted molar refractivity (Wildman–Crippen MR) is 75.9 cm³/mol. The maximum absolute atomic E-state index is 13.0. The second-order valence-electron chi connectivity index (χ2n) is 5.67. The SMILES string of the molecule is CC(C)c1cnc(C2C=CC(F)=CC2)c(C(C)C)n1. The molecule has 1 aromatic rings. The van der Waals surface area contributed by atoms with Crippen molar-refractivity contribution in [3.05, 3.63) is 47.3 Å². The fourth-order valence-corrected chi connectivity index (χ4v) is 2.21. The minimum Gasteiger partial charge on any atom is -0.257 e. The summed E-state index contributed by atoms with van der Waals surface area (Å²) in [6, 6.07) is 0. The van der Waals surface area contributed by atoms with Crippen LogP contribution in [0.3, 0.4) is 0 Å². The maximum Gasteiger partial charge on any atom is 0.118 e. The van der Waals surface area contributed by atoms with Crippen LogP contribution in [0.15, 0.2) is 30.3 Å². The van der Waals surface area contributed by atoms with Gasteiger partial charge in [0.05, 0.1) is 17.1 Å². The monoisotopic (exact) mass is 260 g/mol. The van der Waals surface area contributed by atoms with E-state index in [1.807, 2.05) is 12.3 Å². The lowest BCUT2D eigenvalue weighted by Crippen LogP contribution is -2.11. The van der Waals surface area contributed by atoms with Crippen LogP contribution in [0.2, 0.25) is 0 Å². The van der Waals surface area contributed by atoms with Gasteiger partial charge in [-0.25, -0.2) is 4.39 Å². The van der Waals surface area contributed by atoms with Crippen molar-refractivity contribution in [1.29, 1.82) is 0 Å². The molecule has 1 aliphatic rings. The van der Waals surface area contributed by atoms with E-state index >= 15 is 0 Å². The minimum absolute atomic E-state index is 0.144. The Balaban J connectivity index is 2.38. The lowest BCUT2D eigenvalue weighted by Gasteiger charge is -2.19. The highest BCUT2D eigenvalue weighted by Crippen LogP contribution is 2.31. The van der Waals surface area contributed by atoms with Crippen molar-refractivity contribution in [3.63, 3.8) is 0 Å². The van der Waals surface area contributed by atoms with Gasteiger partial charge in [0.1, 0.15) is 5.83 Å². The van der Waals surface area contributed by atoms with Crippen LogP contribution in [0.1, 0.15) is 69.0 Å². The Morgan fingerprint density at radius 1 is 1.21 bits per heavy atom. The van der Waals surface area contributed by atoms with Crippen LogP contribution in [-0.4, -0.2) is 9.97 Å². The third kappa shape index (κ3) is 3.09. The highest BCUT2D eigenvalue weighted by Gasteiger charge is 2.20. The Morgan fingerprint density at radius 2 is 1.95 bits per heavy atom. The molecular weight excluding hydrogens is 239 g/mol. The van der Waals surface area contributed by atoms with Crippen LogP contribution in [0.25, 0.3) is 0 Å². The van der Waals surface area contributed by atoms with Crippen molar-refractivity contribution in [2.45, 2.75) is 51.9 Å². The zero-order chi connectivity index (χ0) is 14.0. The maximum atomic E-state index is 13.0. The van der Waals surface area contributed by atoms with Gasteiger partial charge >= 0.3 is 0 Å². The van der Waals surface area contributed by atoms with E-state index in [9.17, 15) is 4.39 Å². The summed E-state index contributed by atoms with van der Waals surface area (Å²) in [5.41, 5.74) is 3.05. The molecule has 3 heteroatoms. The number of hydrogen-bond acceptors (Lipinski definition) is 2. The van der Waals surface area contributed by atoms with E-state index in [0.717, 1.165) is 17.1 Å². The summed E-state index contributed by atoms with van der Waals surface area (Å²) in [5.74, 6) is 0.684. The molecule has 0 bridgehead atoms. The molecule has 0 radical (unpaired) electrons. The molecule has 0 aliphatic heterocycles. The number of rotatable bonds is 3.